The topological polar surface area (TPSA) is 45.3 Å². The smallest absolute Gasteiger partial charge is 0.253 e. The Morgan fingerprint density at radius 2 is 2.33 bits per heavy atom. The molecule has 3 rings (SSSR count). The van der Waals surface area contributed by atoms with Gasteiger partial charge in [0.1, 0.15) is 0 Å². The first kappa shape index (κ1) is 14.1. The molecule has 1 aliphatic rings. The van der Waals surface area contributed by atoms with Crippen LogP contribution in [0.1, 0.15) is 36.0 Å². The number of ether oxygens (including phenoxy) is 1. The first-order valence-corrected chi connectivity index (χ1v) is 7.68. The van der Waals surface area contributed by atoms with Crippen LogP contribution in [0.2, 0.25) is 0 Å². The maximum atomic E-state index is 12.4. The molecule has 4 nitrogen and oxygen atoms in total. The van der Waals surface area contributed by atoms with E-state index in [4.69, 9.17) is 4.74 Å². The zero-order valence-corrected chi connectivity index (χ0v) is 12.5. The first-order valence-electron chi connectivity index (χ1n) is 7.68. The Morgan fingerprint density at radius 1 is 1.43 bits per heavy atom. The van der Waals surface area contributed by atoms with Crippen LogP contribution >= 0.6 is 0 Å². The number of hydrogen-bond acceptors (Lipinski definition) is 2. The summed E-state index contributed by atoms with van der Waals surface area (Å²) in [5.74, 6) is 0.0823. The maximum Gasteiger partial charge on any atom is 0.253 e. The molecule has 1 amide bonds. The third-order valence-electron chi connectivity index (χ3n) is 4.19. The molecule has 1 unspecified atom stereocenters. The van der Waals surface area contributed by atoms with Gasteiger partial charge < -0.3 is 14.6 Å². The molecule has 2 heterocycles. The molecule has 21 heavy (non-hydrogen) atoms. The summed E-state index contributed by atoms with van der Waals surface area (Å²) in [6.07, 6.45) is 6.69. The normalized spacial score (nSPS) is 18.2. The van der Waals surface area contributed by atoms with E-state index >= 15 is 0 Å². The number of carbonyl (C=O) groups excluding carboxylic acids is 1. The minimum absolute atomic E-state index is 0.0823. The van der Waals surface area contributed by atoms with Crippen LogP contribution < -0.4 is 0 Å². The zero-order valence-electron chi connectivity index (χ0n) is 12.5. The number of fused-ring (bicyclic) bond motifs is 1. The van der Waals surface area contributed by atoms with Crippen LogP contribution in [-0.2, 0) is 4.74 Å². The van der Waals surface area contributed by atoms with Crippen LogP contribution in [0.4, 0.5) is 0 Å². The largest absolute Gasteiger partial charge is 0.378 e. The molecule has 1 saturated heterocycles. The van der Waals surface area contributed by atoms with E-state index in [2.05, 4.69) is 4.98 Å². The fraction of sp³-hybridized carbons (Fsp3) is 0.471. The summed E-state index contributed by atoms with van der Waals surface area (Å²) in [5.41, 5.74) is 1.75. The molecule has 2 aromatic rings. The van der Waals surface area contributed by atoms with E-state index in [9.17, 15) is 4.79 Å². The van der Waals surface area contributed by atoms with Gasteiger partial charge in [0.2, 0.25) is 0 Å². The van der Waals surface area contributed by atoms with Crippen molar-refractivity contribution in [1.29, 1.82) is 0 Å². The van der Waals surface area contributed by atoms with Crippen molar-refractivity contribution in [3.63, 3.8) is 0 Å². The summed E-state index contributed by atoms with van der Waals surface area (Å²) in [5, 5.41) is 1.13. The molecule has 1 atom stereocenters. The predicted octanol–water partition coefficient (Wildman–Crippen LogP) is 3.20. The minimum Gasteiger partial charge on any atom is -0.378 e. The fourth-order valence-electron chi connectivity index (χ4n) is 2.93. The lowest BCUT2D eigenvalue weighted by molar-refractivity contribution is 0.0763. The molecule has 0 radical (unpaired) electrons. The number of nitrogens with one attached hydrogen (secondary N) is 1. The Bertz CT molecular complexity index is 614. The van der Waals surface area contributed by atoms with Crippen molar-refractivity contribution < 1.29 is 9.53 Å². The molecule has 4 heteroatoms. The number of benzene rings is 1. The van der Waals surface area contributed by atoms with Gasteiger partial charge in [-0.3, -0.25) is 4.79 Å². The van der Waals surface area contributed by atoms with Crippen LogP contribution in [0.15, 0.2) is 30.5 Å². The molecule has 0 saturated carbocycles. The number of carbonyl (C=O) groups is 1. The lowest BCUT2D eigenvalue weighted by Gasteiger charge is -2.18. The number of hydrogen-bond donors (Lipinski definition) is 1. The van der Waals surface area contributed by atoms with E-state index in [-0.39, 0.29) is 5.91 Å². The van der Waals surface area contributed by atoms with Crippen LogP contribution in [0.3, 0.4) is 0 Å². The van der Waals surface area contributed by atoms with Gasteiger partial charge in [-0.15, -0.1) is 0 Å². The third-order valence-corrected chi connectivity index (χ3v) is 4.19. The van der Waals surface area contributed by atoms with Crippen LogP contribution in [0.5, 0.6) is 0 Å². The van der Waals surface area contributed by atoms with Crippen molar-refractivity contribution in [2.24, 2.45) is 0 Å². The highest BCUT2D eigenvalue weighted by atomic mass is 16.5. The summed E-state index contributed by atoms with van der Waals surface area (Å²) in [6.45, 7) is 1.68. The van der Waals surface area contributed by atoms with Crippen LogP contribution in [-0.4, -0.2) is 42.1 Å². The van der Waals surface area contributed by atoms with Crippen molar-refractivity contribution in [2.45, 2.75) is 31.8 Å². The molecule has 0 bridgehead atoms. The Morgan fingerprint density at radius 3 is 3.14 bits per heavy atom. The van der Waals surface area contributed by atoms with Gasteiger partial charge in [0.25, 0.3) is 5.91 Å². The molecule has 1 N–H and O–H groups in total. The molecule has 0 spiro atoms. The second kappa shape index (κ2) is 6.31. The van der Waals surface area contributed by atoms with Crippen molar-refractivity contribution in [3.8, 4) is 0 Å². The lowest BCUT2D eigenvalue weighted by Crippen LogP contribution is -2.28. The predicted molar refractivity (Wildman–Crippen MR) is 83.5 cm³/mol. The third kappa shape index (κ3) is 3.27. The first-order chi connectivity index (χ1) is 10.2. The average Bonchev–Trinajstić information content (AvgIpc) is 3.16. The molecular formula is C17H22N2O2. The van der Waals surface area contributed by atoms with Crippen molar-refractivity contribution >= 4 is 16.8 Å². The van der Waals surface area contributed by atoms with E-state index < -0.39 is 0 Å². The fourth-order valence-corrected chi connectivity index (χ4v) is 2.93. The van der Waals surface area contributed by atoms with Crippen LogP contribution in [0.25, 0.3) is 10.9 Å². The summed E-state index contributed by atoms with van der Waals surface area (Å²) in [4.78, 5) is 17.4. The number of aromatic amines is 1. The summed E-state index contributed by atoms with van der Waals surface area (Å²) in [7, 11) is 1.87. The van der Waals surface area contributed by atoms with Gasteiger partial charge in [0, 0.05) is 37.5 Å². The van der Waals surface area contributed by atoms with Gasteiger partial charge in [-0.2, -0.15) is 0 Å². The summed E-state index contributed by atoms with van der Waals surface area (Å²) >= 11 is 0. The molecule has 112 valence electrons. The summed E-state index contributed by atoms with van der Waals surface area (Å²) in [6, 6.07) is 7.82. The number of amides is 1. The molecule has 1 aliphatic heterocycles. The monoisotopic (exact) mass is 286 g/mol. The van der Waals surface area contributed by atoms with Crippen molar-refractivity contribution in [3.05, 3.63) is 36.0 Å². The minimum atomic E-state index is 0.0823. The van der Waals surface area contributed by atoms with Gasteiger partial charge in [0.05, 0.1) is 6.10 Å². The lowest BCUT2D eigenvalue weighted by atomic mass is 10.1. The molecule has 1 fully saturated rings. The van der Waals surface area contributed by atoms with E-state index in [1.165, 1.54) is 12.8 Å². The second-order valence-electron chi connectivity index (χ2n) is 5.78. The van der Waals surface area contributed by atoms with Gasteiger partial charge in [-0.05, 0) is 49.3 Å². The van der Waals surface area contributed by atoms with Gasteiger partial charge in [0.15, 0.2) is 0 Å². The van der Waals surface area contributed by atoms with Crippen molar-refractivity contribution in [1.82, 2.24) is 9.88 Å². The Hall–Kier alpha value is -1.81. The quantitative estimate of drug-likeness (QED) is 0.917. The molecule has 0 aliphatic carbocycles. The average molecular weight is 286 g/mol. The second-order valence-corrected chi connectivity index (χ2v) is 5.78. The molecular weight excluding hydrogens is 264 g/mol. The van der Waals surface area contributed by atoms with E-state index in [1.54, 1.807) is 4.90 Å². The maximum absolute atomic E-state index is 12.4. The Balaban J connectivity index is 1.55. The number of rotatable bonds is 5. The van der Waals surface area contributed by atoms with Gasteiger partial charge in [-0.1, -0.05) is 6.07 Å². The van der Waals surface area contributed by atoms with E-state index in [0.29, 0.717) is 6.10 Å². The Labute approximate surface area is 125 Å². The highest BCUT2D eigenvalue weighted by Gasteiger charge is 2.16. The zero-order chi connectivity index (χ0) is 14.7. The van der Waals surface area contributed by atoms with Crippen molar-refractivity contribution in [2.75, 3.05) is 20.2 Å². The SMILES string of the molecule is CN(CCCC1CCCO1)C(=O)c1ccc2cc[nH]c2c1. The van der Waals surface area contributed by atoms with Crippen LogP contribution in [0, 0.1) is 0 Å². The number of aromatic nitrogens is 1. The Kier molecular flexibility index (Phi) is 4.25. The number of H-pyrrole nitrogens is 1. The van der Waals surface area contributed by atoms with Gasteiger partial charge in [-0.25, -0.2) is 0 Å². The summed E-state index contributed by atoms with van der Waals surface area (Å²) < 4.78 is 5.61. The van der Waals surface area contributed by atoms with E-state index in [0.717, 1.165) is 42.5 Å². The number of nitrogens with zero attached hydrogens (tertiary/aromatic N) is 1. The van der Waals surface area contributed by atoms with E-state index in [1.807, 2.05) is 37.5 Å². The van der Waals surface area contributed by atoms with Gasteiger partial charge >= 0.3 is 0 Å². The highest BCUT2D eigenvalue weighted by molar-refractivity contribution is 5.97. The standard InChI is InChI=1S/C17H22N2O2/c1-19(10-2-4-15-5-3-11-21-15)17(20)14-7-6-13-8-9-18-16(13)12-14/h6-9,12,15,18H,2-5,10-11H2,1H3. The molecule has 1 aromatic heterocycles. The molecule has 1 aromatic carbocycles. The highest BCUT2D eigenvalue weighted by Crippen LogP contribution is 2.18.